The fourth-order valence-corrected chi connectivity index (χ4v) is 4.78. The third-order valence-electron chi connectivity index (χ3n) is 4.41. The van der Waals surface area contributed by atoms with Crippen molar-refractivity contribution in [2.24, 2.45) is 0 Å². The standard InChI is InChI=1S/C18H19FN2O4S2/c19-14-3-5-15(6-4-14)27(24,25)13-7-17(22)20-8-10-21(11-9-20)18(23)16-2-1-12-26-16/h1-6,12H,7-11,13H2. The molecule has 144 valence electrons. The molecule has 0 unspecified atom stereocenters. The van der Waals surface area contributed by atoms with E-state index in [1.165, 1.54) is 23.5 Å². The van der Waals surface area contributed by atoms with Gasteiger partial charge in [0.25, 0.3) is 5.91 Å². The van der Waals surface area contributed by atoms with E-state index in [1.54, 1.807) is 15.9 Å². The number of benzene rings is 1. The maximum absolute atomic E-state index is 12.9. The predicted octanol–water partition coefficient (Wildman–Crippen LogP) is 2.04. The van der Waals surface area contributed by atoms with Crippen molar-refractivity contribution in [3.8, 4) is 0 Å². The molecule has 27 heavy (non-hydrogen) atoms. The molecular formula is C18H19FN2O4S2. The maximum Gasteiger partial charge on any atom is 0.264 e. The second-order valence-electron chi connectivity index (χ2n) is 6.17. The molecule has 0 radical (unpaired) electrons. The van der Waals surface area contributed by atoms with Crippen LogP contribution in [0.25, 0.3) is 0 Å². The van der Waals surface area contributed by atoms with Crippen molar-refractivity contribution in [1.82, 2.24) is 9.80 Å². The van der Waals surface area contributed by atoms with Gasteiger partial charge in [-0.3, -0.25) is 9.59 Å². The number of hydrogen-bond donors (Lipinski definition) is 0. The first-order chi connectivity index (χ1) is 12.9. The van der Waals surface area contributed by atoms with Crippen molar-refractivity contribution in [1.29, 1.82) is 0 Å². The molecule has 0 aliphatic carbocycles. The number of carbonyl (C=O) groups excluding carboxylic acids is 2. The molecule has 1 fully saturated rings. The Morgan fingerprint density at radius 3 is 2.22 bits per heavy atom. The summed E-state index contributed by atoms with van der Waals surface area (Å²) >= 11 is 1.38. The van der Waals surface area contributed by atoms with Crippen LogP contribution in [-0.2, 0) is 14.6 Å². The van der Waals surface area contributed by atoms with Crippen LogP contribution >= 0.6 is 11.3 Å². The van der Waals surface area contributed by atoms with E-state index < -0.39 is 15.7 Å². The summed E-state index contributed by atoms with van der Waals surface area (Å²) in [6.45, 7) is 1.61. The van der Waals surface area contributed by atoms with Gasteiger partial charge in [0, 0.05) is 32.6 Å². The third-order valence-corrected chi connectivity index (χ3v) is 7.00. The summed E-state index contributed by atoms with van der Waals surface area (Å²) in [6.07, 6.45) is -0.140. The Bertz CT molecular complexity index is 903. The van der Waals surface area contributed by atoms with E-state index in [0.717, 1.165) is 12.1 Å². The third kappa shape index (κ3) is 4.72. The SMILES string of the molecule is O=C(CCS(=O)(=O)c1ccc(F)cc1)N1CCN(C(=O)c2cccs2)CC1. The number of rotatable bonds is 5. The van der Waals surface area contributed by atoms with Gasteiger partial charge in [-0.2, -0.15) is 0 Å². The minimum absolute atomic E-state index is 0.00284. The molecule has 0 saturated carbocycles. The number of hydrogen-bond acceptors (Lipinski definition) is 5. The summed E-state index contributed by atoms with van der Waals surface area (Å²) in [5.74, 6) is -1.15. The molecule has 1 aromatic carbocycles. The van der Waals surface area contributed by atoms with Crippen LogP contribution in [-0.4, -0.2) is 62.0 Å². The average Bonchev–Trinajstić information content (AvgIpc) is 3.21. The van der Waals surface area contributed by atoms with E-state index in [9.17, 15) is 22.4 Å². The lowest BCUT2D eigenvalue weighted by Crippen LogP contribution is -2.50. The largest absolute Gasteiger partial charge is 0.339 e. The van der Waals surface area contributed by atoms with E-state index in [1.807, 2.05) is 11.4 Å². The molecule has 9 heteroatoms. The van der Waals surface area contributed by atoms with Gasteiger partial charge in [0.15, 0.2) is 9.84 Å². The smallest absolute Gasteiger partial charge is 0.264 e. The van der Waals surface area contributed by atoms with E-state index >= 15 is 0 Å². The highest BCUT2D eigenvalue weighted by atomic mass is 32.2. The van der Waals surface area contributed by atoms with Crippen LogP contribution < -0.4 is 0 Å². The molecule has 2 amide bonds. The molecule has 2 aromatic rings. The summed E-state index contributed by atoms with van der Waals surface area (Å²) in [5, 5.41) is 1.84. The van der Waals surface area contributed by atoms with E-state index in [0.29, 0.717) is 31.1 Å². The first kappa shape index (κ1) is 19.5. The lowest BCUT2D eigenvalue weighted by atomic mass is 10.2. The number of amides is 2. The summed E-state index contributed by atoms with van der Waals surface area (Å²) in [4.78, 5) is 28.6. The monoisotopic (exact) mass is 410 g/mol. The molecule has 6 nitrogen and oxygen atoms in total. The Hall–Kier alpha value is -2.26. The number of nitrogens with zero attached hydrogens (tertiary/aromatic N) is 2. The normalized spacial score (nSPS) is 15.0. The van der Waals surface area contributed by atoms with Gasteiger partial charge >= 0.3 is 0 Å². The fraction of sp³-hybridized carbons (Fsp3) is 0.333. The zero-order chi connectivity index (χ0) is 19.4. The fourth-order valence-electron chi connectivity index (χ4n) is 2.85. The number of carbonyl (C=O) groups is 2. The topological polar surface area (TPSA) is 74.8 Å². The zero-order valence-electron chi connectivity index (χ0n) is 14.5. The van der Waals surface area contributed by atoms with Crippen LogP contribution in [0.4, 0.5) is 4.39 Å². The lowest BCUT2D eigenvalue weighted by Gasteiger charge is -2.34. The van der Waals surface area contributed by atoms with Crippen LogP contribution in [0.15, 0.2) is 46.7 Å². The Kier molecular flexibility index (Phi) is 5.91. The van der Waals surface area contributed by atoms with Crippen LogP contribution in [0.5, 0.6) is 0 Å². The van der Waals surface area contributed by atoms with Gasteiger partial charge < -0.3 is 9.80 Å². The van der Waals surface area contributed by atoms with Crippen LogP contribution in [0.1, 0.15) is 16.1 Å². The van der Waals surface area contributed by atoms with Crippen LogP contribution in [0.2, 0.25) is 0 Å². The average molecular weight is 410 g/mol. The molecule has 1 saturated heterocycles. The maximum atomic E-state index is 12.9. The molecule has 1 aromatic heterocycles. The number of piperazine rings is 1. The van der Waals surface area contributed by atoms with Crippen molar-refractivity contribution in [3.63, 3.8) is 0 Å². The summed E-state index contributed by atoms with van der Waals surface area (Å²) in [6, 6.07) is 8.15. The summed E-state index contributed by atoms with van der Waals surface area (Å²) in [5.41, 5.74) is 0. The highest BCUT2D eigenvalue weighted by molar-refractivity contribution is 7.91. The number of sulfone groups is 1. The zero-order valence-corrected chi connectivity index (χ0v) is 16.1. The van der Waals surface area contributed by atoms with Crippen molar-refractivity contribution in [2.45, 2.75) is 11.3 Å². The molecule has 0 spiro atoms. The minimum atomic E-state index is -3.64. The van der Waals surface area contributed by atoms with E-state index in [2.05, 4.69) is 0 Å². The molecular weight excluding hydrogens is 391 g/mol. The highest BCUT2D eigenvalue weighted by Gasteiger charge is 2.26. The summed E-state index contributed by atoms with van der Waals surface area (Å²) < 4.78 is 37.4. The molecule has 1 aliphatic rings. The Labute approximate surface area is 161 Å². The molecule has 3 rings (SSSR count). The minimum Gasteiger partial charge on any atom is -0.339 e. The second-order valence-corrected chi connectivity index (χ2v) is 9.23. The Balaban J connectivity index is 1.51. The molecule has 0 atom stereocenters. The molecule has 0 N–H and O–H groups in total. The van der Waals surface area contributed by atoms with E-state index in [4.69, 9.17) is 0 Å². The lowest BCUT2D eigenvalue weighted by molar-refractivity contribution is -0.132. The first-order valence-electron chi connectivity index (χ1n) is 8.46. The quantitative estimate of drug-likeness (QED) is 0.707. The Morgan fingerprint density at radius 1 is 1.00 bits per heavy atom. The summed E-state index contributed by atoms with van der Waals surface area (Å²) in [7, 11) is -3.64. The van der Waals surface area contributed by atoms with Crippen LogP contribution in [0.3, 0.4) is 0 Å². The predicted molar refractivity (Wildman–Crippen MR) is 99.9 cm³/mol. The van der Waals surface area contributed by atoms with Crippen LogP contribution in [0, 0.1) is 5.82 Å². The molecule has 1 aliphatic heterocycles. The number of halogens is 1. The second kappa shape index (κ2) is 8.18. The van der Waals surface area contributed by atoms with Gasteiger partial charge in [-0.05, 0) is 35.7 Å². The molecule has 0 bridgehead atoms. The molecule has 2 heterocycles. The van der Waals surface area contributed by atoms with E-state index in [-0.39, 0.29) is 28.9 Å². The van der Waals surface area contributed by atoms with Gasteiger partial charge in [-0.25, -0.2) is 12.8 Å². The van der Waals surface area contributed by atoms with Crippen molar-refractivity contribution < 1.29 is 22.4 Å². The Morgan fingerprint density at radius 2 is 1.63 bits per heavy atom. The van der Waals surface area contributed by atoms with Gasteiger partial charge in [-0.15, -0.1) is 11.3 Å². The van der Waals surface area contributed by atoms with Gasteiger partial charge in [0.2, 0.25) is 5.91 Å². The van der Waals surface area contributed by atoms with Crippen molar-refractivity contribution in [2.75, 3.05) is 31.9 Å². The van der Waals surface area contributed by atoms with Gasteiger partial charge in [0.05, 0.1) is 15.5 Å². The van der Waals surface area contributed by atoms with Crippen molar-refractivity contribution in [3.05, 3.63) is 52.5 Å². The highest BCUT2D eigenvalue weighted by Crippen LogP contribution is 2.16. The first-order valence-corrected chi connectivity index (χ1v) is 11.0. The number of thiophene rings is 1. The van der Waals surface area contributed by atoms with Crippen molar-refractivity contribution >= 4 is 33.0 Å². The van der Waals surface area contributed by atoms with Gasteiger partial charge in [-0.1, -0.05) is 6.07 Å². The van der Waals surface area contributed by atoms with Gasteiger partial charge in [0.1, 0.15) is 5.82 Å².